The van der Waals surface area contributed by atoms with E-state index in [2.05, 4.69) is 4.98 Å². The van der Waals surface area contributed by atoms with Crippen LogP contribution in [0, 0.1) is 6.92 Å². The monoisotopic (exact) mass is 286 g/mol. The van der Waals surface area contributed by atoms with Crippen molar-refractivity contribution in [3.63, 3.8) is 0 Å². The Hall–Kier alpha value is -2.30. The Labute approximate surface area is 123 Å². The summed E-state index contributed by atoms with van der Waals surface area (Å²) >= 11 is 0. The summed E-state index contributed by atoms with van der Waals surface area (Å²) in [5.41, 5.74) is 0.973. The smallest absolute Gasteiger partial charge is 0.289 e. The van der Waals surface area contributed by atoms with Crippen LogP contribution in [-0.2, 0) is 0 Å². The number of ether oxygens (including phenoxy) is 1. The molecule has 3 rings (SSSR count). The van der Waals surface area contributed by atoms with Gasteiger partial charge in [0.2, 0.25) is 0 Å². The zero-order valence-electron chi connectivity index (χ0n) is 12.0. The minimum atomic E-state index is -0.0459. The first-order valence-corrected chi connectivity index (χ1v) is 7.14. The molecule has 2 aromatic heterocycles. The molecule has 0 bridgehead atoms. The highest BCUT2D eigenvalue weighted by molar-refractivity contribution is 5.91. The van der Waals surface area contributed by atoms with Gasteiger partial charge in [0.1, 0.15) is 11.9 Å². The lowest BCUT2D eigenvalue weighted by Crippen LogP contribution is -2.41. The molecule has 5 nitrogen and oxygen atoms in total. The van der Waals surface area contributed by atoms with Crippen LogP contribution in [-0.4, -0.2) is 35.0 Å². The molecule has 0 spiro atoms. The molecule has 1 aliphatic rings. The molecule has 21 heavy (non-hydrogen) atoms. The number of pyridine rings is 1. The lowest BCUT2D eigenvalue weighted by atomic mass is 10.1. The Bertz CT molecular complexity index is 584. The van der Waals surface area contributed by atoms with Crippen molar-refractivity contribution in [2.45, 2.75) is 25.9 Å². The number of rotatable bonds is 3. The molecule has 1 amide bonds. The van der Waals surface area contributed by atoms with Crippen molar-refractivity contribution in [2.75, 3.05) is 13.1 Å². The van der Waals surface area contributed by atoms with Crippen molar-refractivity contribution >= 4 is 5.91 Å². The van der Waals surface area contributed by atoms with E-state index in [9.17, 15) is 4.79 Å². The molecule has 1 saturated heterocycles. The molecular weight excluding hydrogens is 268 g/mol. The van der Waals surface area contributed by atoms with Gasteiger partial charge in [0.25, 0.3) is 5.91 Å². The van der Waals surface area contributed by atoms with Crippen LogP contribution < -0.4 is 4.74 Å². The number of amides is 1. The van der Waals surface area contributed by atoms with Crippen molar-refractivity contribution < 1.29 is 13.9 Å². The molecule has 0 unspecified atom stereocenters. The van der Waals surface area contributed by atoms with Gasteiger partial charge >= 0.3 is 0 Å². The first-order valence-electron chi connectivity index (χ1n) is 7.14. The highest BCUT2D eigenvalue weighted by atomic mass is 16.5. The van der Waals surface area contributed by atoms with Gasteiger partial charge in [0, 0.05) is 31.6 Å². The van der Waals surface area contributed by atoms with Crippen molar-refractivity contribution in [1.29, 1.82) is 0 Å². The van der Waals surface area contributed by atoms with Crippen molar-refractivity contribution in [3.05, 3.63) is 48.2 Å². The van der Waals surface area contributed by atoms with Gasteiger partial charge in [-0.05, 0) is 31.2 Å². The molecule has 0 aromatic carbocycles. The second kappa shape index (κ2) is 5.99. The van der Waals surface area contributed by atoms with Crippen LogP contribution in [0.15, 0.2) is 41.1 Å². The first kappa shape index (κ1) is 13.7. The summed E-state index contributed by atoms with van der Waals surface area (Å²) in [4.78, 5) is 18.2. The number of likely N-dealkylation sites (tertiary alicyclic amines) is 1. The number of hydrogen-bond donors (Lipinski definition) is 0. The van der Waals surface area contributed by atoms with Gasteiger partial charge in [-0.15, -0.1) is 0 Å². The number of furan rings is 1. The Balaban J connectivity index is 1.53. The molecule has 110 valence electrons. The molecule has 0 N–H and O–H groups in total. The Morgan fingerprint density at radius 2 is 2.14 bits per heavy atom. The molecule has 0 atom stereocenters. The summed E-state index contributed by atoms with van der Waals surface area (Å²) in [5.74, 6) is 1.14. The van der Waals surface area contributed by atoms with Crippen LogP contribution in [0.1, 0.15) is 29.1 Å². The van der Waals surface area contributed by atoms with Gasteiger partial charge in [-0.25, -0.2) is 0 Å². The number of nitrogens with zero attached hydrogens (tertiary/aromatic N) is 2. The van der Waals surface area contributed by atoms with Crippen molar-refractivity contribution in [3.8, 4) is 5.75 Å². The van der Waals surface area contributed by atoms with E-state index >= 15 is 0 Å². The minimum Gasteiger partial charge on any atom is -0.489 e. The maximum atomic E-state index is 12.1. The molecule has 0 saturated carbocycles. The minimum absolute atomic E-state index is 0.0459. The zero-order valence-corrected chi connectivity index (χ0v) is 12.0. The van der Waals surface area contributed by atoms with E-state index in [0.717, 1.165) is 24.3 Å². The highest BCUT2D eigenvalue weighted by Crippen LogP contribution is 2.19. The molecule has 1 aliphatic heterocycles. The third-order valence-electron chi connectivity index (χ3n) is 3.65. The van der Waals surface area contributed by atoms with E-state index in [4.69, 9.17) is 9.15 Å². The van der Waals surface area contributed by atoms with Gasteiger partial charge < -0.3 is 14.1 Å². The Kier molecular flexibility index (Phi) is 3.90. The topological polar surface area (TPSA) is 55.6 Å². The second-order valence-corrected chi connectivity index (χ2v) is 5.22. The zero-order chi connectivity index (χ0) is 14.7. The fourth-order valence-corrected chi connectivity index (χ4v) is 2.45. The van der Waals surface area contributed by atoms with Crippen LogP contribution in [0.3, 0.4) is 0 Å². The van der Waals surface area contributed by atoms with Crippen molar-refractivity contribution in [1.82, 2.24) is 9.88 Å². The number of aromatic nitrogens is 1. The van der Waals surface area contributed by atoms with Gasteiger partial charge in [-0.2, -0.15) is 0 Å². The summed E-state index contributed by atoms with van der Waals surface area (Å²) < 4.78 is 11.1. The highest BCUT2D eigenvalue weighted by Gasteiger charge is 2.25. The Morgan fingerprint density at radius 3 is 2.76 bits per heavy atom. The van der Waals surface area contributed by atoms with Gasteiger partial charge in [-0.3, -0.25) is 9.78 Å². The maximum Gasteiger partial charge on any atom is 0.289 e. The predicted octanol–water partition coefficient (Wildman–Crippen LogP) is 2.67. The molecule has 3 heterocycles. The Morgan fingerprint density at radius 1 is 1.33 bits per heavy atom. The fraction of sp³-hybridized carbons (Fsp3) is 0.375. The van der Waals surface area contributed by atoms with E-state index in [0.29, 0.717) is 18.8 Å². The number of carbonyl (C=O) groups is 1. The van der Waals surface area contributed by atoms with E-state index < -0.39 is 0 Å². The third kappa shape index (κ3) is 3.24. The number of hydrogen-bond acceptors (Lipinski definition) is 4. The summed E-state index contributed by atoms with van der Waals surface area (Å²) in [6, 6.07) is 7.30. The quantitative estimate of drug-likeness (QED) is 0.870. The number of carbonyl (C=O) groups excluding carboxylic acids is 1. The SMILES string of the molecule is Cc1ccc(OC2CCN(C(=O)c3ccco3)CC2)cn1. The van der Waals surface area contributed by atoms with E-state index in [1.807, 2.05) is 24.0 Å². The summed E-state index contributed by atoms with van der Waals surface area (Å²) in [7, 11) is 0. The van der Waals surface area contributed by atoms with E-state index in [1.165, 1.54) is 6.26 Å². The van der Waals surface area contributed by atoms with Crippen molar-refractivity contribution in [2.24, 2.45) is 0 Å². The molecule has 1 fully saturated rings. The molecule has 0 aliphatic carbocycles. The first-order chi connectivity index (χ1) is 10.2. The standard InChI is InChI=1S/C16H18N2O3/c1-12-4-5-14(11-17-12)21-13-6-8-18(9-7-13)16(19)15-3-2-10-20-15/h2-5,10-11,13H,6-9H2,1H3. The van der Waals surface area contributed by atoms with Crippen LogP contribution in [0.25, 0.3) is 0 Å². The lowest BCUT2D eigenvalue weighted by Gasteiger charge is -2.31. The van der Waals surface area contributed by atoms with Crippen LogP contribution >= 0.6 is 0 Å². The fourth-order valence-electron chi connectivity index (χ4n) is 2.45. The van der Waals surface area contributed by atoms with E-state index in [-0.39, 0.29) is 12.0 Å². The van der Waals surface area contributed by atoms with Gasteiger partial charge in [-0.1, -0.05) is 0 Å². The average Bonchev–Trinajstić information content (AvgIpc) is 3.04. The third-order valence-corrected chi connectivity index (χ3v) is 3.65. The predicted molar refractivity (Wildman–Crippen MR) is 77.2 cm³/mol. The van der Waals surface area contributed by atoms with E-state index in [1.54, 1.807) is 18.3 Å². The largest absolute Gasteiger partial charge is 0.489 e. The molecule has 2 aromatic rings. The van der Waals surface area contributed by atoms with Gasteiger partial charge in [0.15, 0.2) is 5.76 Å². The number of aryl methyl sites for hydroxylation is 1. The molecular formula is C16H18N2O3. The number of piperidine rings is 1. The van der Waals surface area contributed by atoms with Crippen LogP contribution in [0.5, 0.6) is 5.75 Å². The normalized spacial score (nSPS) is 16.0. The maximum absolute atomic E-state index is 12.1. The summed E-state index contributed by atoms with van der Waals surface area (Å²) in [6.07, 6.45) is 5.04. The van der Waals surface area contributed by atoms with Crippen LogP contribution in [0.4, 0.5) is 0 Å². The summed E-state index contributed by atoms with van der Waals surface area (Å²) in [5, 5.41) is 0. The average molecular weight is 286 g/mol. The second-order valence-electron chi connectivity index (χ2n) is 5.22. The van der Waals surface area contributed by atoms with Gasteiger partial charge in [0.05, 0.1) is 12.5 Å². The van der Waals surface area contributed by atoms with Crippen LogP contribution in [0.2, 0.25) is 0 Å². The summed E-state index contributed by atoms with van der Waals surface area (Å²) in [6.45, 7) is 3.31. The lowest BCUT2D eigenvalue weighted by molar-refractivity contribution is 0.0566. The molecule has 5 heteroatoms. The molecule has 0 radical (unpaired) electrons.